The Balaban J connectivity index is 2.30. The average molecular weight is 226 g/mol. The van der Waals surface area contributed by atoms with Crippen LogP contribution in [0.25, 0.3) is 0 Å². The second-order valence-corrected chi connectivity index (χ2v) is 6.34. The van der Waals surface area contributed by atoms with Crippen LogP contribution in [0.1, 0.15) is 59.8 Å². The van der Waals surface area contributed by atoms with Crippen LogP contribution in [0, 0.1) is 5.41 Å². The molecule has 2 nitrogen and oxygen atoms in total. The van der Waals surface area contributed by atoms with Gasteiger partial charge < -0.3 is 5.73 Å². The fourth-order valence-electron chi connectivity index (χ4n) is 2.76. The molecule has 0 aromatic heterocycles. The fraction of sp³-hybridized carbons (Fsp3) is 1.00. The molecule has 1 saturated heterocycles. The number of nitrogens with zero attached hydrogens (tertiary/aromatic N) is 1. The summed E-state index contributed by atoms with van der Waals surface area (Å²) in [6, 6.07) is 1.56. The highest BCUT2D eigenvalue weighted by atomic mass is 15.2. The van der Waals surface area contributed by atoms with Crippen LogP contribution in [-0.4, -0.2) is 30.1 Å². The molecule has 0 amide bonds. The summed E-state index contributed by atoms with van der Waals surface area (Å²) in [5.41, 5.74) is 6.09. The monoisotopic (exact) mass is 226 g/mol. The molecule has 0 aromatic rings. The van der Waals surface area contributed by atoms with Crippen molar-refractivity contribution in [3.05, 3.63) is 0 Å². The van der Waals surface area contributed by atoms with Crippen LogP contribution < -0.4 is 5.73 Å². The molecule has 2 atom stereocenters. The van der Waals surface area contributed by atoms with E-state index in [1.54, 1.807) is 0 Å². The summed E-state index contributed by atoms with van der Waals surface area (Å²) in [4.78, 5) is 2.69. The third kappa shape index (κ3) is 4.06. The summed E-state index contributed by atoms with van der Waals surface area (Å²) < 4.78 is 0. The smallest absolute Gasteiger partial charge is 0.00697 e. The van der Waals surface area contributed by atoms with E-state index in [0.29, 0.717) is 5.41 Å². The van der Waals surface area contributed by atoms with Crippen LogP contribution in [0.2, 0.25) is 0 Å². The standard InChI is InChI=1S/C14H30N2/c1-12-7-5-8-13(2)16(12)10-6-9-14(3,4)11-15/h12-13H,5-11,15H2,1-4H3. The molecule has 2 N–H and O–H groups in total. The molecule has 0 aromatic carbocycles. The molecule has 0 aliphatic carbocycles. The molecule has 2 heteroatoms. The lowest BCUT2D eigenvalue weighted by Crippen LogP contribution is -2.44. The first-order valence-electron chi connectivity index (χ1n) is 6.92. The Kier molecular flexibility index (Phi) is 5.26. The number of likely N-dealkylation sites (tertiary alicyclic amines) is 1. The van der Waals surface area contributed by atoms with Gasteiger partial charge in [-0.2, -0.15) is 0 Å². The number of hydrogen-bond donors (Lipinski definition) is 1. The van der Waals surface area contributed by atoms with Crippen molar-refractivity contribution in [1.29, 1.82) is 0 Å². The zero-order valence-electron chi connectivity index (χ0n) is 11.6. The molecular formula is C14H30N2. The predicted molar refractivity (Wildman–Crippen MR) is 71.6 cm³/mol. The summed E-state index contributed by atoms with van der Waals surface area (Å²) in [5, 5.41) is 0. The van der Waals surface area contributed by atoms with Crippen molar-refractivity contribution in [3.8, 4) is 0 Å². The molecule has 1 fully saturated rings. The normalized spacial score (nSPS) is 28.3. The number of rotatable bonds is 5. The van der Waals surface area contributed by atoms with Crippen molar-refractivity contribution in [2.24, 2.45) is 11.1 Å². The van der Waals surface area contributed by atoms with Gasteiger partial charge in [-0.1, -0.05) is 20.3 Å². The maximum Gasteiger partial charge on any atom is 0.00697 e. The molecule has 1 heterocycles. The van der Waals surface area contributed by atoms with Crippen molar-refractivity contribution >= 4 is 0 Å². The zero-order chi connectivity index (χ0) is 12.2. The SMILES string of the molecule is CC1CCCC(C)N1CCCC(C)(C)CN. The lowest BCUT2D eigenvalue weighted by atomic mass is 9.87. The number of piperidine rings is 1. The van der Waals surface area contributed by atoms with E-state index in [9.17, 15) is 0 Å². The molecule has 1 aliphatic rings. The van der Waals surface area contributed by atoms with Crippen LogP contribution in [0.15, 0.2) is 0 Å². The summed E-state index contributed by atoms with van der Waals surface area (Å²) in [7, 11) is 0. The summed E-state index contributed by atoms with van der Waals surface area (Å²) >= 11 is 0. The molecule has 1 aliphatic heterocycles. The van der Waals surface area contributed by atoms with Gasteiger partial charge in [0.05, 0.1) is 0 Å². The van der Waals surface area contributed by atoms with Gasteiger partial charge >= 0.3 is 0 Å². The minimum Gasteiger partial charge on any atom is -0.330 e. The Morgan fingerprint density at radius 1 is 1.19 bits per heavy atom. The quantitative estimate of drug-likeness (QED) is 0.781. The van der Waals surface area contributed by atoms with Crippen LogP contribution in [0.3, 0.4) is 0 Å². The topological polar surface area (TPSA) is 29.3 Å². The van der Waals surface area contributed by atoms with Crippen molar-refractivity contribution in [2.75, 3.05) is 13.1 Å². The van der Waals surface area contributed by atoms with E-state index in [-0.39, 0.29) is 0 Å². The predicted octanol–water partition coefficient (Wildman–Crippen LogP) is 3.01. The molecule has 0 saturated carbocycles. The van der Waals surface area contributed by atoms with Gasteiger partial charge in [0.25, 0.3) is 0 Å². The minimum absolute atomic E-state index is 0.322. The molecule has 0 bridgehead atoms. The van der Waals surface area contributed by atoms with Gasteiger partial charge in [-0.15, -0.1) is 0 Å². The second kappa shape index (κ2) is 6.02. The largest absolute Gasteiger partial charge is 0.330 e. The van der Waals surface area contributed by atoms with Gasteiger partial charge in [-0.3, -0.25) is 4.90 Å². The highest BCUT2D eigenvalue weighted by Gasteiger charge is 2.24. The first kappa shape index (κ1) is 14.0. The summed E-state index contributed by atoms with van der Waals surface area (Å²) in [6.07, 6.45) is 6.71. The Labute approximate surface area is 102 Å². The summed E-state index contributed by atoms with van der Waals surface area (Å²) in [6.45, 7) is 11.4. The molecule has 1 rings (SSSR count). The number of nitrogens with two attached hydrogens (primary N) is 1. The lowest BCUT2D eigenvalue weighted by Gasteiger charge is -2.39. The minimum atomic E-state index is 0.322. The third-order valence-corrected chi connectivity index (χ3v) is 4.20. The van der Waals surface area contributed by atoms with Crippen molar-refractivity contribution < 1.29 is 0 Å². The van der Waals surface area contributed by atoms with E-state index in [2.05, 4.69) is 32.6 Å². The molecule has 0 spiro atoms. The van der Waals surface area contributed by atoms with Gasteiger partial charge in [0.2, 0.25) is 0 Å². The first-order valence-corrected chi connectivity index (χ1v) is 6.92. The van der Waals surface area contributed by atoms with E-state index in [1.807, 2.05) is 0 Å². The molecule has 96 valence electrons. The fourth-order valence-corrected chi connectivity index (χ4v) is 2.76. The third-order valence-electron chi connectivity index (χ3n) is 4.20. The van der Waals surface area contributed by atoms with Crippen molar-refractivity contribution in [3.63, 3.8) is 0 Å². The van der Waals surface area contributed by atoms with E-state index in [1.165, 1.54) is 38.6 Å². The van der Waals surface area contributed by atoms with Crippen molar-refractivity contribution in [1.82, 2.24) is 4.90 Å². The van der Waals surface area contributed by atoms with Crippen molar-refractivity contribution in [2.45, 2.75) is 71.9 Å². The molecule has 16 heavy (non-hydrogen) atoms. The molecule has 0 radical (unpaired) electrons. The summed E-state index contributed by atoms with van der Waals surface area (Å²) in [5.74, 6) is 0. The average Bonchev–Trinajstić information content (AvgIpc) is 2.22. The maximum absolute atomic E-state index is 5.77. The molecular weight excluding hydrogens is 196 g/mol. The molecule has 2 unspecified atom stereocenters. The maximum atomic E-state index is 5.77. The number of hydrogen-bond acceptors (Lipinski definition) is 2. The van der Waals surface area contributed by atoms with Crippen LogP contribution >= 0.6 is 0 Å². The highest BCUT2D eigenvalue weighted by Crippen LogP contribution is 2.25. The Hall–Kier alpha value is -0.0800. The van der Waals surface area contributed by atoms with Crippen LogP contribution in [0.5, 0.6) is 0 Å². The second-order valence-electron chi connectivity index (χ2n) is 6.34. The van der Waals surface area contributed by atoms with E-state index >= 15 is 0 Å². The Bertz CT molecular complexity index is 191. The van der Waals surface area contributed by atoms with E-state index in [4.69, 9.17) is 5.73 Å². The van der Waals surface area contributed by atoms with Gasteiger partial charge in [-0.05, 0) is 58.0 Å². The Morgan fingerprint density at radius 2 is 1.75 bits per heavy atom. The van der Waals surface area contributed by atoms with E-state index < -0.39 is 0 Å². The highest BCUT2D eigenvalue weighted by molar-refractivity contribution is 4.80. The van der Waals surface area contributed by atoms with Gasteiger partial charge in [-0.25, -0.2) is 0 Å². The van der Waals surface area contributed by atoms with Crippen LogP contribution in [-0.2, 0) is 0 Å². The van der Waals surface area contributed by atoms with Crippen LogP contribution in [0.4, 0.5) is 0 Å². The van der Waals surface area contributed by atoms with E-state index in [0.717, 1.165) is 18.6 Å². The van der Waals surface area contributed by atoms with Gasteiger partial charge in [0, 0.05) is 12.1 Å². The Morgan fingerprint density at radius 3 is 2.25 bits per heavy atom. The lowest BCUT2D eigenvalue weighted by molar-refractivity contribution is 0.0971. The first-order chi connectivity index (χ1) is 7.46. The van der Waals surface area contributed by atoms with Gasteiger partial charge in [0.1, 0.15) is 0 Å². The zero-order valence-corrected chi connectivity index (χ0v) is 11.6. The van der Waals surface area contributed by atoms with Gasteiger partial charge in [0.15, 0.2) is 0 Å².